The van der Waals surface area contributed by atoms with Gasteiger partial charge >= 0.3 is 0 Å². The van der Waals surface area contributed by atoms with Gasteiger partial charge in [0.25, 0.3) is 0 Å². The summed E-state index contributed by atoms with van der Waals surface area (Å²) < 4.78 is 12.0. The molecule has 1 unspecified atom stereocenters. The van der Waals surface area contributed by atoms with Crippen molar-refractivity contribution in [3.63, 3.8) is 0 Å². The van der Waals surface area contributed by atoms with Crippen LogP contribution in [-0.2, 0) is 13.6 Å². The van der Waals surface area contributed by atoms with Crippen LogP contribution >= 0.6 is 0 Å². The molecule has 1 fully saturated rings. The Morgan fingerprint density at radius 1 is 1.09 bits per heavy atom. The molecule has 5 aromatic heterocycles. The lowest BCUT2D eigenvalue weighted by atomic mass is 10.2. The van der Waals surface area contributed by atoms with Gasteiger partial charge in [-0.15, -0.1) is 0 Å². The summed E-state index contributed by atoms with van der Waals surface area (Å²) >= 11 is 0. The zero-order chi connectivity index (χ0) is 23.9. The standard InChI is InChI=1S/C23H25N11O/c1-4-33-15(2)17(11-29-33)21-30-20-22(31(21)3)26-14-27-23(20)35-16-6-9-32(12-16)18-10-19(25-13-24-18)34-8-5-7-28-34/h5,7-8,10-11,13-14,16H,4,6,9,12H2,1-3H3. The molecule has 1 saturated heterocycles. The van der Waals surface area contributed by atoms with E-state index in [1.165, 1.54) is 6.33 Å². The SMILES string of the molecule is CCn1ncc(-c2nc3c(OC4CCN(c5cc(-n6cccn6)ncn5)C4)ncnc3n2C)c1C. The smallest absolute Gasteiger partial charge is 0.245 e. The van der Waals surface area contributed by atoms with Gasteiger partial charge in [-0.1, -0.05) is 0 Å². The molecule has 12 heteroatoms. The van der Waals surface area contributed by atoms with E-state index in [4.69, 9.17) is 9.72 Å². The Balaban J connectivity index is 1.24. The molecule has 1 atom stereocenters. The van der Waals surface area contributed by atoms with E-state index in [0.29, 0.717) is 17.9 Å². The van der Waals surface area contributed by atoms with Crippen molar-refractivity contribution in [2.75, 3.05) is 18.0 Å². The first kappa shape index (κ1) is 21.2. The van der Waals surface area contributed by atoms with Crippen LogP contribution in [0.15, 0.2) is 43.4 Å². The molecule has 0 spiro atoms. The number of nitrogens with zero attached hydrogens (tertiary/aromatic N) is 11. The average Bonchev–Trinajstić information content (AvgIpc) is 3.68. The van der Waals surface area contributed by atoms with Crippen molar-refractivity contribution in [2.24, 2.45) is 7.05 Å². The van der Waals surface area contributed by atoms with E-state index in [0.717, 1.165) is 53.9 Å². The predicted octanol–water partition coefficient (Wildman–Crippen LogP) is 2.19. The number of aromatic nitrogens is 10. The van der Waals surface area contributed by atoms with Crippen molar-refractivity contribution in [3.8, 4) is 23.1 Å². The topological polar surface area (TPSA) is 117 Å². The summed E-state index contributed by atoms with van der Waals surface area (Å²) in [5.41, 5.74) is 3.41. The highest BCUT2D eigenvalue weighted by atomic mass is 16.5. The predicted molar refractivity (Wildman–Crippen MR) is 128 cm³/mol. The zero-order valence-corrected chi connectivity index (χ0v) is 19.8. The first-order chi connectivity index (χ1) is 17.1. The molecule has 5 aromatic rings. The van der Waals surface area contributed by atoms with Gasteiger partial charge in [0.1, 0.15) is 30.4 Å². The van der Waals surface area contributed by atoms with E-state index in [1.54, 1.807) is 17.2 Å². The van der Waals surface area contributed by atoms with Gasteiger partial charge in [-0.2, -0.15) is 15.2 Å². The Morgan fingerprint density at radius 3 is 2.74 bits per heavy atom. The second kappa shape index (κ2) is 8.46. The van der Waals surface area contributed by atoms with Crippen LogP contribution < -0.4 is 9.64 Å². The van der Waals surface area contributed by atoms with Crippen molar-refractivity contribution < 1.29 is 4.74 Å². The molecular weight excluding hydrogens is 446 g/mol. The van der Waals surface area contributed by atoms with Crippen LogP contribution in [0.4, 0.5) is 5.82 Å². The highest BCUT2D eigenvalue weighted by Crippen LogP contribution is 2.30. The molecular formula is C23H25N11O. The van der Waals surface area contributed by atoms with Gasteiger partial charge < -0.3 is 14.2 Å². The Hall–Kier alpha value is -4.35. The third-order valence-electron chi connectivity index (χ3n) is 6.39. The molecule has 1 aliphatic rings. The van der Waals surface area contributed by atoms with Crippen LogP contribution in [0.2, 0.25) is 0 Å². The number of aryl methyl sites for hydroxylation is 2. The van der Waals surface area contributed by atoms with E-state index >= 15 is 0 Å². The Bertz CT molecular complexity index is 1490. The lowest BCUT2D eigenvalue weighted by Gasteiger charge is -2.18. The van der Waals surface area contributed by atoms with Crippen LogP contribution in [0, 0.1) is 6.92 Å². The molecule has 0 bridgehead atoms. The summed E-state index contributed by atoms with van der Waals surface area (Å²) in [6.45, 7) is 6.42. The molecule has 6 heterocycles. The van der Waals surface area contributed by atoms with Crippen molar-refractivity contribution in [1.82, 2.24) is 49.0 Å². The Labute approximate surface area is 201 Å². The van der Waals surface area contributed by atoms with Gasteiger partial charge in [-0.05, 0) is 19.9 Å². The van der Waals surface area contributed by atoms with E-state index in [1.807, 2.05) is 47.7 Å². The van der Waals surface area contributed by atoms with Crippen LogP contribution in [0.25, 0.3) is 28.4 Å². The summed E-state index contributed by atoms with van der Waals surface area (Å²) in [6.07, 6.45) is 9.32. The molecule has 0 amide bonds. The molecule has 12 nitrogen and oxygen atoms in total. The van der Waals surface area contributed by atoms with Crippen molar-refractivity contribution in [1.29, 1.82) is 0 Å². The van der Waals surface area contributed by atoms with Crippen molar-refractivity contribution >= 4 is 17.0 Å². The van der Waals surface area contributed by atoms with Crippen LogP contribution in [0.1, 0.15) is 19.0 Å². The maximum Gasteiger partial charge on any atom is 0.245 e. The summed E-state index contributed by atoms with van der Waals surface area (Å²) in [5.74, 6) is 2.85. The third kappa shape index (κ3) is 3.66. The van der Waals surface area contributed by atoms with Crippen LogP contribution in [0.3, 0.4) is 0 Å². The summed E-state index contributed by atoms with van der Waals surface area (Å²) in [4.78, 5) is 24.7. The highest BCUT2D eigenvalue weighted by molar-refractivity contribution is 5.81. The summed E-state index contributed by atoms with van der Waals surface area (Å²) in [7, 11) is 1.95. The molecule has 0 aliphatic carbocycles. The lowest BCUT2D eigenvalue weighted by Crippen LogP contribution is -2.25. The minimum absolute atomic E-state index is 0.0498. The largest absolute Gasteiger partial charge is 0.471 e. The third-order valence-corrected chi connectivity index (χ3v) is 6.39. The first-order valence-electron chi connectivity index (χ1n) is 11.6. The second-order valence-corrected chi connectivity index (χ2v) is 8.46. The number of hydrogen-bond donors (Lipinski definition) is 0. The summed E-state index contributed by atoms with van der Waals surface area (Å²) in [6, 6.07) is 3.80. The van der Waals surface area contributed by atoms with E-state index in [9.17, 15) is 0 Å². The number of rotatable bonds is 6. The minimum atomic E-state index is -0.0498. The maximum absolute atomic E-state index is 6.35. The van der Waals surface area contributed by atoms with Gasteiger partial charge in [0.05, 0.1) is 18.3 Å². The number of fused-ring (bicyclic) bond motifs is 1. The first-order valence-corrected chi connectivity index (χ1v) is 11.6. The van der Waals surface area contributed by atoms with Gasteiger partial charge in [0.15, 0.2) is 17.0 Å². The van der Waals surface area contributed by atoms with Crippen molar-refractivity contribution in [2.45, 2.75) is 32.9 Å². The number of anilines is 1. The monoisotopic (exact) mass is 471 g/mol. The highest BCUT2D eigenvalue weighted by Gasteiger charge is 2.28. The van der Waals surface area contributed by atoms with Gasteiger partial charge in [-0.3, -0.25) is 4.68 Å². The molecule has 0 radical (unpaired) electrons. The molecule has 0 N–H and O–H groups in total. The molecule has 178 valence electrons. The van der Waals surface area contributed by atoms with E-state index in [2.05, 4.69) is 42.0 Å². The van der Waals surface area contributed by atoms with Crippen molar-refractivity contribution in [3.05, 3.63) is 49.1 Å². The van der Waals surface area contributed by atoms with Gasteiger partial charge in [0.2, 0.25) is 5.88 Å². The number of ether oxygens (including phenoxy) is 1. The fraction of sp³-hybridized carbons (Fsp3) is 0.348. The van der Waals surface area contributed by atoms with E-state index in [-0.39, 0.29) is 6.10 Å². The molecule has 35 heavy (non-hydrogen) atoms. The Morgan fingerprint density at radius 2 is 1.94 bits per heavy atom. The minimum Gasteiger partial charge on any atom is -0.471 e. The molecule has 0 saturated carbocycles. The fourth-order valence-corrected chi connectivity index (χ4v) is 4.52. The zero-order valence-electron chi connectivity index (χ0n) is 19.8. The number of imidazole rings is 1. The van der Waals surface area contributed by atoms with Crippen LogP contribution in [-0.4, -0.2) is 68.2 Å². The van der Waals surface area contributed by atoms with Gasteiger partial charge in [0, 0.05) is 50.7 Å². The fourth-order valence-electron chi connectivity index (χ4n) is 4.52. The maximum atomic E-state index is 6.35. The normalized spacial score (nSPS) is 15.9. The quantitative estimate of drug-likeness (QED) is 0.367. The lowest BCUT2D eigenvalue weighted by molar-refractivity contribution is 0.218. The average molecular weight is 472 g/mol. The van der Waals surface area contributed by atoms with Crippen LogP contribution in [0.5, 0.6) is 5.88 Å². The molecule has 0 aromatic carbocycles. The second-order valence-electron chi connectivity index (χ2n) is 8.46. The molecule has 6 rings (SSSR count). The number of hydrogen-bond acceptors (Lipinski definition) is 9. The van der Waals surface area contributed by atoms with E-state index < -0.39 is 0 Å². The van der Waals surface area contributed by atoms with Gasteiger partial charge in [-0.25, -0.2) is 24.6 Å². The summed E-state index contributed by atoms with van der Waals surface area (Å²) in [5, 5.41) is 8.71. The molecule has 1 aliphatic heterocycles. The Kier molecular flexibility index (Phi) is 5.12.